The average molecular weight is 292 g/mol. The van der Waals surface area contributed by atoms with E-state index in [9.17, 15) is 14.9 Å². The molecule has 7 nitrogen and oxygen atoms in total. The molecule has 2 rings (SSSR count). The van der Waals surface area contributed by atoms with Crippen LogP contribution < -0.4 is 15.5 Å². The Labute approximate surface area is 123 Å². The van der Waals surface area contributed by atoms with Gasteiger partial charge in [0.25, 0.3) is 0 Å². The maximum atomic E-state index is 11.8. The molecule has 1 aliphatic rings. The van der Waals surface area contributed by atoms with Crippen LogP contribution in [0.4, 0.5) is 17.1 Å². The summed E-state index contributed by atoms with van der Waals surface area (Å²) in [7, 11) is 1.69. The molecule has 2 N–H and O–H groups in total. The number of nitro groups is 1. The number of rotatable bonds is 7. The van der Waals surface area contributed by atoms with Gasteiger partial charge in [-0.15, -0.1) is 0 Å². The molecular formula is C14H20N4O3. The number of carbonyl (C=O) groups excluding carboxylic acids is 1. The third kappa shape index (κ3) is 3.84. The number of nitrogens with one attached hydrogen (secondary N) is 2. The first-order valence-electron chi connectivity index (χ1n) is 7.04. The number of amides is 1. The zero-order valence-corrected chi connectivity index (χ0v) is 12.3. The number of anilines is 2. The molecule has 0 saturated heterocycles. The number of benzene rings is 1. The highest BCUT2D eigenvalue weighted by Crippen LogP contribution is 2.34. The van der Waals surface area contributed by atoms with Crippen molar-refractivity contribution in [3.05, 3.63) is 28.3 Å². The third-order valence-electron chi connectivity index (χ3n) is 3.30. The Morgan fingerprint density at radius 3 is 2.76 bits per heavy atom. The van der Waals surface area contributed by atoms with Gasteiger partial charge >= 0.3 is 5.69 Å². The Balaban J connectivity index is 2.18. The largest absolute Gasteiger partial charge is 0.380 e. The average Bonchev–Trinajstić information content (AvgIpc) is 3.22. The van der Waals surface area contributed by atoms with Gasteiger partial charge in [0.15, 0.2) is 0 Å². The molecule has 0 bridgehead atoms. The number of para-hydroxylation sites is 1. The Morgan fingerprint density at radius 1 is 1.48 bits per heavy atom. The zero-order chi connectivity index (χ0) is 15.4. The highest BCUT2D eigenvalue weighted by atomic mass is 16.6. The van der Waals surface area contributed by atoms with Crippen LogP contribution in [0.25, 0.3) is 0 Å². The van der Waals surface area contributed by atoms with Crippen LogP contribution in [-0.4, -0.2) is 37.0 Å². The van der Waals surface area contributed by atoms with Crippen molar-refractivity contribution in [1.29, 1.82) is 0 Å². The summed E-state index contributed by atoms with van der Waals surface area (Å²) < 4.78 is 0. The third-order valence-corrected chi connectivity index (χ3v) is 3.30. The number of hydrogen-bond donors (Lipinski definition) is 2. The second-order valence-electron chi connectivity index (χ2n) is 5.16. The topological polar surface area (TPSA) is 87.5 Å². The Kier molecular flexibility index (Phi) is 4.62. The number of carbonyl (C=O) groups is 1. The van der Waals surface area contributed by atoms with Crippen molar-refractivity contribution in [3.8, 4) is 0 Å². The molecule has 0 aromatic heterocycles. The van der Waals surface area contributed by atoms with E-state index in [0.717, 1.165) is 12.8 Å². The van der Waals surface area contributed by atoms with Crippen molar-refractivity contribution in [3.63, 3.8) is 0 Å². The molecule has 7 heteroatoms. The minimum absolute atomic E-state index is 0.000993. The van der Waals surface area contributed by atoms with Gasteiger partial charge in [-0.1, -0.05) is 6.07 Å². The fourth-order valence-electron chi connectivity index (χ4n) is 2.17. The minimum Gasteiger partial charge on any atom is -0.380 e. The molecule has 114 valence electrons. The van der Waals surface area contributed by atoms with E-state index in [2.05, 4.69) is 10.6 Å². The first-order chi connectivity index (χ1) is 10.0. The summed E-state index contributed by atoms with van der Waals surface area (Å²) in [6, 6.07) is 5.36. The van der Waals surface area contributed by atoms with E-state index in [0.29, 0.717) is 17.9 Å². The van der Waals surface area contributed by atoms with Crippen molar-refractivity contribution >= 4 is 23.0 Å². The maximum absolute atomic E-state index is 11.8. The monoisotopic (exact) mass is 292 g/mol. The zero-order valence-electron chi connectivity index (χ0n) is 12.3. The molecule has 0 radical (unpaired) electrons. The van der Waals surface area contributed by atoms with Gasteiger partial charge in [0.1, 0.15) is 11.4 Å². The van der Waals surface area contributed by atoms with Gasteiger partial charge in [0, 0.05) is 19.6 Å². The highest BCUT2D eigenvalue weighted by molar-refractivity contribution is 5.85. The Hall–Kier alpha value is -2.31. The number of nitrogens with zero attached hydrogens (tertiary/aromatic N) is 2. The summed E-state index contributed by atoms with van der Waals surface area (Å²) >= 11 is 0. The number of nitro benzene ring substituents is 1. The van der Waals surface area contributed by atoms with Crippen molar-refractivity contribution in [1.82, 2.24) is 5.32 Å². The summed E-state index contributed by atoms with van der Waals surface area (Å²) in [5.74, 6) is -0.108. The molecule has 1 aliphatic carbocycles. The second kappa shape index (κ2) is 6.43. The fourth-order valence-corrected chi connectivity index (χ4v) is 2.17. The Morgan fingerprint density at radius 2 is 2.19 bits per heavy atom. The van der Waals surface area contributed by atoms with Crippen LogP contribution in [0.2, 0.25) is 0 Å². The van der Waals surface area contributed by atoms with Crippen molar-refractivity contribution < 1.29 is 9.72 Å². The van der Waals surface area contributed by atoms with Crippen LogP contribution in [0.15, 0.2) is 18.2 Å². The van der Waals surface area contributed by atoms with Crippen molar-refractivity contribution in [2.45, 2.75) is 25.8 Å². The van der Waals surface area contributed by atoms with Gasteiger partial charge < -0.3 is 15.5 Å². The molecule has 1 fully saturated rings. The molecule has 0 spiro atoms. The smallest absolute Gasteiger partial charge is 0.315 e. The van der Waals surface area contributed by atoms with Gasteiger partial charge in [-0.2, -0.15) is 0 Å². The van der Waals surface area contributed by atoms with E-state index in [4.69, 9.17) is 0 Å². The van der Waals surface area contributed by atoms with Gasteiger partial charge in [-0.05, 0) is 31.9 Å². The van der Waals surface area contributed by atoms with Crippen LogP contribution in [-0.2, 0) is 4.79 Å². The molecule has 1 aromatic rings. The van der Waals surface area contributed by atoms with Gasteiger partial charge in [0.2, 0.25) is 5.91 Å². The molecule has 1 amide bonds. The quantitative estimate of drug-likeness (QED) is 0.590. The highest BCUT2D eigenvalue weighted by Gasteiger charge is 2.26. The molecule has 0 heterocycles. The molecule has 21 heavy (non-hydrogen) atoms. The summed E-state index contributed by atoms with van der Waals surface area (Å²) in [5, 5.41) is 17.2. The lowest BCUT2D eigenvalue weighted by molar-refractivity contribution is -0.383. The molecule has 0 unspecified atom stereocenters. The number of hydrogen-bond acceptors (Lipinski definition) is 5. The molecular weight excluding hydrogens is 272 g/mol. The minimum atomic E-state index is -0.414. The summed E-state index contributed by atoms with van der Waals surface area (Å²) in [4.78, 5) is 24.4. The van der Waals surface area contributed by atoms with Crippen LogP contribution in [0, 0.1) is 10.1 Å². The van der Waals surface area contributed by atoms with E-state index in [1.54, 1.807) is 30.1 Å². The lowest BCUT2D eigenvalue weighted by Gasteiger charge is -2.20. The number of likely N-dealkylation sites (N-methyl/N-ethyl adjacent to an activating group) is 1. The van der Waals surface area contributed by atoms with Gasteiger partial charge in [0.05, 0.1) is 11.5 Å². The fraction of sp³-hybridized carbons (Fsp3) is 0.500. The van der Waals surface area contributed by atoms with Crippen molar-refractivity contribution in [2.24, 2.45) is 0 Å². The molecule has 0 aliphatic heterocycles. The summed E-state index contributed by atoms with van der Waals surface area (Å²) in [6.45, 7) is 2.58. The molecule has 0 atom stereocenters. The van der Waals surface area contributed by atoms with E-state index in [-0.39, 0.29) is 24.2 Å². The van der Waals surface area contributed by atoms with E-state index >= 15 is 0 Å². The van der Waals surface area contributed by atoms with Crippen LogP contribution >= 0.6 is 0 Å². The Bertz CT molecular complexity index is 543. The van der Waals surface area contributed by atoms with Gasteiger partial charge in [-0.25, -0.2) is 0 Å². The first kappa shape index (κ1) is 15.1. The van der Waals surface area contributed by atoms with Crippen LogP contribution in [0.5, 0.6) is 0 Å². The lowest BCUT2D eigenvalue weighted by Crippen LogP contribution is -2.36. The maximum Gasteiger partial charge on any atom is 0.315 e. The second-order valence-corrected chi connectivity index (χ2v) is 5.16. The normalized spacial score (nSPS) is 13.6. The van der Waals surface area contributed by atoms with E-state index in [1.807, 2.05) is 6.92 Å². The predicted molar refractivity (Wildman–Crippen MR) is 81.7 cm³/mol. The molecule has 1 aromatic carbocycles. The van der Waals surface area contributed by atoms with Crippen molar-refractivity contribution in [2.75, 3.05) is 30.4 Å². The lowest BCUT2D eigenvalue weighted by atomic mass is 10.2. The van der Waals surface area contributed by atoms with Gasteiger partial charge in [-0.3, -0.25) is 14.9 Å². The first-order valence-corrected chi connectivity index (χ1v) is 7.04. The summed E-state index contributed by atoms with van der Waals surface area (Å²) in [6.07, 6.45) is 2.04. The van der Waals surface area contributed by atoms with E-state index in [1.165, 1.54) is 0 Å². The SMILES string of the molecule is CCNc1cccc(N(C)CC(=O)NC2CC2)c1[N+](=O)[O-]. The van der Waals surface area contributed by atoms with E-state index < -0.39 is 4.92 Å². The van der Waals surface area contributed by atoms with Crippen LogP contribution in [0.3, 0.4) is 0 Å². The van der Waals surface area contributed by atoms with Crippen LogP contribution in [0.1, 0.15) is 19.8 Å². The summed E-state index contributed by atoms with van der Waals surface area (Å²) in [5.41, 5.74) is 0.903. The standard InChI is InChI=1S/C14H20N4O3/c1-3-15-11-5-4-6-12(14(11)18(20)21)17(2)9-13(19)16-10-7-8-10/h4-6,10,15H,3,7-9H2,1-2H3,(H,16,19). The molecule has 1 saturated carbocycles. The predicted octanol–water partition coefficient (Wildman–Crippen LogP) is 1.74.